The van der Waals surface area contributed by atoms with Crippen LogP contribution < -0.4 is 10.1 Å². The molecule has 1 aromatic heterocycles. The van der Waals surface area contributed by atoms with Crippen molar-refractivity contribution in [2.45, 2.75) is 26.3 Å². The van der Waals surface area contributed by atoms with Crippen LogP contribution in [0.5, 0.6) is 5.75 Å². The molecular weight excluding hydrogens is 290 g/mol. The maximum Gasteiger partial charge on any atom is 0.244 e. The number of amides is 1. The molecule has 23 heavy (non-hydrogen) atoms. The van der Waals surface area contributed by atoms with Gasteiger partial charge in [-0.2, -0.15) is 0 Å². The van der Waals surface area contributed by atoms with E-state index in [1.54, 1.807) is 24.7 Å². The van der Waals surface area contributed by atoms with Gasteiger partial charge in [0, 0.05) is 31.6 Å². The van der Waals surface area contributed by atoms with Crippen LogP contribution in [0.4, 0.5) is 0 Å². The summed E-state index contributed by atoms with van der Waals surface area (Å²) in [6.07, 6.45) is 10.7. The van der Waals surface area contributed by atoms with Gasteiger partial charge in [0.1, 0.15) is 5.75 Å². The lowest BCUT2D eigenvalue weighted by molar-refractivity contribution is -0.116. The number of aromatic nitrogens is 2. The topological polar surface area (TPSA) is 56.1 Å². The van der Waals surface area contributed by atoms with E-state index in [0.29, 0.717) is 6.54 Å². The molecule has 0 saturated heterocycles. The van der Waals surface area contributed by atoms with Crippen LogP contribution >= 0.6 is 0 Å². The summed E-state index contributed by atoms with van der Waals surface area (Å²) < 4.78 is 7.51. The van der Waals surface area contributed by atoms with Crippen LogP contribution in [-0.2, 0) is 11.3 Å². The summed E-state index contributed by atoms with van der Waals surface area (Å²) >= 11 is 0. The molecule has 1 N–H and O–H groups in total. The highest BCUT2D eigenvalue weighted by Gasteiger charge is 1.97. The molecule has 122 valence electrons. The predicted octanol–water partition coefficient (Wildman–Crippen LogP) is 2.89. The fourth-order valence-corrected chi connectivity index (χ4v) is 2.02. The summed E-state index contributed by atoms with van der Waals surface area (Å²) in [5.74, 6) is 0.773. The van der Waals surface area contributed by atoms with Gasteiger partial charge < -0.3 is 14.6 Å². The Morgan fingerprint density at radius 2 is 2.17 bits per heavy atom. The minimum absolute atomic E-state index is 0.0815. The van der Waals surface area contributed by atoms with E-state index in [1.165, 1.54) is 0 Å². The standard InChI is InChI=1S/C18H23N3O2/c1-2-14-23-17-7-4-16(5-8-17)6-9-18(22)20-10-3-12-21-13-11-19-15-21/h4-9,11,13,15H,2-3,10,12,14H2,1H3,(H,20,22)/b9-6+. The summed E-state index contributed by atoms with van der Waals surface area (Å²) in [5, 5.41) is 2.87. The van der Waals surface area contributed by atoms with E-state index < -0.39 is 0 Å². The normalized spacial score (nSPS) is 10.8. The molecule has 1 heterocycles. The number of nitrogens with zero attached hydrogens (tertiary/aromatic N) is 2. The zero-order valence-corrected chi connectivity index (χ0v) is 13.4. The molecule has 0 unspecified atom stereocenters. The van der Waals surface area contributed by atoms with Crippen LogP contribution in [0.1, 0.15) is 25.3 Å². The molecule has 2 aromatic rings. The number of ether oxygens (including phenoxy) is 1. The first-order valence-corrected chi connectivity index (χ1v) is 7.92. The van der Waals surface area contributed by atoms with Crippen molar-refractivity contribution >= 4 is 12.0 Å². The van der Waals surface area contributed by atoms with Crippen molar-refractivity contribution in [1.82, 2.24) is 14.9 Å². The number of nitrogens with one attached hydrogen (secondary N) is 1. The molecule has 0 spiro atoms. The zero-order chi connectivity index (χ0) is 16.3. The van der Waals surface area contributed by atoms with Gasteiger partial charge >= 0.3 is 0 Å². The van der Waals surface area contributed by atoms with Crippen LogP contribution in [0, 0.1) is 0 Å². The first kappa shape index (κ1) is 16.8. The first-order chi connectivity index (χ1) is 11.3. The number of rotatable bonds is 9. The monoisotopic (exact) mass is 313 g/mol. The highest BCUT2D eigenvalue weighted by molar-refractivity contribution is 5.91. The van der Waals surface area contributed by atoms with Crippen molar-refractivity contribution in [3.05, 3.63) is 54.6 Å². The van der Waals surface area contributed by atoms with Crippen molar-refractivity contribution < 1.29 is 9.53 Å². The smallest absolute Gasteiger partial charge is 0.244 e. The van der Waals surface area contributed by atoms with Gasteiger partial charge in [-0.3, -0.25) is 4.79 Å². The van der Waals surface area contributed by atoms with Gasteiger partial charge in [-0.15, -0.1) is 0 Å². The third-order valence-corrected chi connectivity index (χ3v) is 3.23. The second kappa shape index (κ2) is 9.46. The Labute approximate surface area is 137 Å². The van der Waals surface area contributed by atoms with Crippen molar-refractivity contribution in [3.8, 4) is 5.75 Å². The second-order valence-corrected chi connectivity index (χ2v) is 5.20. The Hall–Kier alpha value is -2.56. The molecule has 5 heteroatoms. The largest absolute Gasteiger partial charge is 0.494 e. The van der Waals surface area contributed by atoms with E-state index in [2.05, 4.69) is 17.2 Å². The summed E-state index contributed by atoms with van der Waals surface area (Å²) in [5.41, 5.74) is 0.974. The van der Waals surface area contributed by atoms with Gasteiger partial charge in [0.2, 0.25) is 5.91 Å². The maximum absolute atomic E-state index is 11.7. The van der Waals surface area contributed by atoms with E-state index in [1.807, 2.05) is 35.0 Å². The van der Waals surface area contributed by atoms with Crippen LogP contribution in [0.15, 0.2) is 49.1 Å². The molecule has 1 aromatic carbocycles. The molecule has 0 atom stereocenters. The Kier molecular flexibility index (Phi) is 6.91. The fourth-order valence-electron chi connectivity index (χ4n) is 2.02. The maximum atomic E-state index is 11.7. The summed E-state index contributed by atoms with van der Waals surface area (Å²) in [6.45, 7) is 4.29. The Balaban J connectivity index is 1.68. The van der Waals surface area contributed by atoms with Crippen molar-refractivity contribution in [3.63, 3.8) is 0 Å². The highest BCUT2D eigenvalue weighted by Crippen LogP contribution is 2.13. The number of carbonyl (C=O) groups is 1. The van der Waals surface area contributed by atoms with Crippen LogP contribution in [0.25, 0.3) is 6.08 Å². The number of benzene rings is 1. The fraction of sp³-hybridized carbons (Fsp3) is 0.333. The van der Waals surface area contributed by atoms with Gasteiger partial charge in [-0.25, -0.2) is 4.98 Å². The Bertz CT molecular complexity index is 604. The van der Waals surface area contributed by atoms with Gasteiger partial charge in [0.15, 0.2) is 0 Å². The van der Waals surface area contributed by atoms with Gasteiger partial charge in [0.05, 0.1) is 12.9 Å². The number of hydrogen-bond donors (Lipinski definition) is 1. The van der Waals surface area contributed by atoms with E-state index in [9.17, 15) is 4.79 Å². The summed E-state index contributed by atoms with van der Waals surface area (Å²) in [4.78, 5) is 15.7. The quantitative estimate of drug-likeness (QED) is 0.572. The summed E-state index contributed by atoms with van der Waals surface area (Å²) in [6, 6.07) is 7.71. The van der Waals surface area contributed by atoms with E-state index in [-0.39, 0.29) is 5.91 Å². The minimum Gasteiger partial charge on any atom is -0.494 e. The Morgan fingerprint density at radius 1 is 1.35 bits per heavy atom. The number of carbonyl (C=O) groups excluding carboxylic acids is 1. The average molecular weight is 313 g/mol. The molecule has 1 amide bonds. The number of hydrogen-bond acceptors (Lipinski definition) is 3. The molecule has 0 radical (unpaired) electrons. The first-order valence-electron chi connectivity index (χ1n) is 7.92. The van der Waals surface area contributed by atoms with Crippen molar-refractivity contribution in [2.75, 3.05) is 13.2 Å². The van der Waals surface area contributed by atoms with Gasteiger partial charge in [-0.05, 0) is 36.6 Å². The SMILES string of the molecule is CCCOc1ccc(/C=C/C(=O)NCCCn2ccnc2)cc1. The minimum atomic E-state index is -0.0815. The molecule has 0 aliphatic carbocycles. The molecule has 0 aliphatic rings. The van der Waals surface area contributed by atoms with Crippen molar-refractivity contribution in [2.24, 2.45) is 0 Å². The van der Waals surface area contributed by atoms with Crippen LogP contribution in [-0.4, -0.2) is 28.6 Å². The van der Waals surface area contributed by atoms with Crippen LogP contribution in [0.3, 0.4) is 0 Å². The Morgan fingerprint density at radius 3 is 2.87 bits per heavy atom. The molecule has 0 aliphatic heterocycles. The van der Waals surface area contributed by atoms with Crippen molar-refractivity contribution in [1.29, 1.82) is 0 Å². The lowest BCUT2D eigenvalue weighted by atomic mass is 10.2. The van der Waals surface area contributed by atoms with E-state index in [0.717, 1.165) is 37.3 Å². The predicted molar refractivity (Wildman–Crippen MR) is 91.1 cm³/mol. The third kappa shape index (κ3) is 6.38. The number of aryl methyl sites for hydroxylation is 1. The van der Waals surface area contributed by atoms with Gasteiger partial charge in [-0.1, -0.05) is 19.1 Å². The zero-order valence-electron chi connectivity index (χ0n) is 13.4. The molecule has 0 fully saturated rings. The lowest BCUT2D eigenvalue weighted by Gasteiger charge is -2.04. The number of imidazole rings is 1. The molecule has 0 bridgehead atoms. The molecule has 2 rings (SSSR count). The van der Waals surface area contributed by atoms with E-state index >= 15 is 0 Å². The molecule has 5 nitrogen and oxygen atoms in total. The van der Waals surface area contributed by atoms with E-state index in [4.69, 9.17) is 4.74 Å². The summed E-state index contributed by atoms with van der Waals surface area (Å²) in [7, 11) is 0. The molecular formula is C18H23N3O2. The lowest BCUT2D eigenvalue weighted by Crippen LogP contribution is -2.22. The van der Waals surface area contributed by atoms with Crippen LogP contribution in [0.2, 0.25) is 0 Å². The second-order valence-electron chi connectivity index (χ2n) is 5.20. The third-order valence-electron chi connectivity index (χ3n) is 3.23. The van der Waals surface area contributed by atoms with Gasteiger partial charge in [0.25, 0.3) is 0 Å². The average Bonchev–Trinajstić information content (AvgIpc) is 3.09. The molecule has 0 saturated carbocycles. The highest BCUT2D eigenvalue weighted by atomic mass is 16.5.